The standard InChI is InChI=1S/C18H26ClN3O3/c1-18(2,3)25-17(24)21-10-12-4-6-13(7-5-12)16(23)22-15-9-8-14(19)11-20-15/h8-9,11-13H,4-7,10H2,1-3H3,(H,21,24)(H,20,22,23). The number of aromatic nitrogens is 1. The van der Waals surface area contributed by atoms with E-state index in [0.717, 1.165) is 25.7 Å². The average molecular weight is 368 g/mol. The highest BCUT2D eigenvalue weighted by Gasteiger charge is 2.27. The van der Waals surface area contributed by atoms with Crippen LogP contribution in [0.1, 0.15) is 46.5 Å². The van der Waals surface area contributed by atoms with Crippen molar-refractivity contribution in [2.75, 3.05) is 11.9 Å². The maximum Gasteiger partial charge on any atom is 0.407 e. The van der Waals surface area contributed by atoms with Crippen LogP contribution in [-0.4, -0.2) is 29.1 Å². The molecule has 0 radical (unpaired) electrons. The minimum Gasteiger partial charge on any atom is -0.444 e. The Morgan fingerprint density at radius 2 is 1.92 bits per heavy atom. The van der Waals surface area contributed by atoms with Crippen LogP contribution in [0.5, 0.6) is 0 Å². The molecule has 1 aromatic heterocycles. The highest BCUT2D eigenvalue weighted by molar-refractivity contribution is 6.30. The molecule has 2 rings (SSSR count). The van der Waals surface area contributed by atoms with Crippen molar-refractivity contribution in [2.45, 2.75) is 52.1 Å². The first-order valence-electron chi connectivity index (χ1n) is 8.62. The number of rotatable bonds is 4. The Morgan fingerprint density at radius 3 is 2.48 bits per heavy atom. The minimum absolute atomic E-state index is 0.00614. The van der Waals surface area contributed by atoms with Gasteiger partial charge in [-0.3, -0.25) is 4.79 Å². The second-order valence-corrected chi connectivity index (χ2v) is 7.89. The summed E-state index contributed by atoms with van der Waals surface area (Å²) >= 11 is 5.79. The molecule has 0 bridgehead atoms. The summed E-state index contributed by atoms with van der Waals surface area (Å²) in [6, 6.07) is 3.39. The summed E-state index contributed by atoms with van der Waals surface area (Å²) in [5.41, 5.74) is -0.491. The number of hydrogen-bond acceptors (Lipinski definition) is 4. The zero-order valence-electron chi connectivity index (χ0n) is 15.0. The van der Waals surface area contributed by atoms with Gasteiger partial charge in [-0.05, 0) is 64.5 Å². The number of ether oxygens (including phenoxy) is 1. The van der Waals surface area contributed by atoms with Crippen LogP contribution in [0.15, 0.2) is 18.3 Å². The summed E-state index contributed by atoms with van der Waals surface area (Å²) in [5, 5.41) is 6.18. The van der Waals surface area contributed by atoms with Crippen LogP contribution in [0.2, 0.25) is 5.02 Å². The molecule has 25 heavy (non-hydrogen) atoms. The number of halogens is 1. The number of nitrogens with one attached hydrogen (secondary N) is 2. The van der Waals surface area contributed by atoms with Crippen LogP contribution in [0, 0.1) is 11.8 Å². The third-order valence-corrected chi connectivity index (χ3v) is 4.35. The molecule has 1 heterocycles. The summed E-state index contributed by atoms with van der Waals surface area (Å²) in [6.07, 6.45) is 4.54. The van der Waals surface area contributed by atoms with Gasteiger partial charge in [0.1, 0.15) is 11.4 Å². The molecule has 0 atom stereocenters. The maximum atomic E-state index is 12.3. The number of hydrogen-bond donors (Lipinski definition) is 2. The Bertz CT molecular complexity index is 591. The van der Waals surface area contributed by atoms with Crippen LogP contribution in [0.4, 0.5) is 10.6 Å². The third-order valence-electron chi connectivity index (χ3n) is 4.13. The van der Waals surface area contributed by atoms with Crippen LogP contribution in [-0.2, 0) is 9.53 Å². The van der Waals surface area contributed by atoms with E-state index < -0.39 is 5.60 Å². The maximum absolute atomic E-state index is 12.3. The van der Waals surface area contributed by atoms with Crippen LogP contribution in [0.3, 0.4) is 0 Å². The van der Waals surface area contributed by atoms with Gasteiger partial charge >= 0.3 is 6.09 Å². The molecule has 0 unspecified atom stereocenters. The van der Waals surface area contributed by atoms with Crippen molar-refractivity contribution >= 4 is 29.4 Å². The van der Waals surface area contributed by atoms with E-state index in [1.807, 2.05) is 20.8 Å². The van der Waals surface area contributed by atoms with E-state index in [0.29, 0.717) is 23.3 Å². The van der Waals surface area contributed by atoms with E-state index in [1.54, 1.807) is 12.1 Å². The number of amides is 2. The van der Waals surface area contributed by atoms with E-state index in [1.165, 1.54) is 6.20 Å². The molecule has 2 amide bonds. The van der Waals surface area contributed by atoms with Gasteiger partial charge in [-0.1, -0.05) is 11.6 Å². The fourth-order valence-electron chi connectivity index (χ4n) is 2.85. The van der Waals surface area contributed by atoms with Gasteiger partial charge in [-0.25, -0.2) is 9.78 Å². The van der Waals surface area contributed by atoms with Crippen LogP contribution in [0.25, 0.3) is 0 Å². The second kappa shape index (κ2) is 8.52. The summed E-state index contributed by atoms with van der Waals surface area (Å²) in [6.45, 7) is 6.10. The first-order chi connectivity index (χ1) is 11.7. The topological polar surface area (TPSA) is 80.3 Å². The summed E-state index contributed by atoms with van der Waals surface area (Å²) in [7, 11) is 0. The van der Waals surface area contributed by atoms with E-state index in [9.17, 15) is 9.59 Å². The zero-order valence-corrected chi connectivity index (χ0v) is 15.7. The van der Waals surface area contributed by atoms with Crippen molar-refractivity contribution in [3.05, 3.63) is 23.4 Å². The first-order valence-corrected chi connectivity index (χ1v) is 9.00. The molecule has 1 aromatic rings. The lowest BCUT2D eigenvalue weighted by Gasteiger charge is -2.28. The van der Waals surface area contributed by atoms with Gasteiger partial charge < -0.3 is 15.4 Å². The van der Waals surface area contributed by atoms with Crippen molar-refractivity contribution in [2.24, 2.45) is 11.8 Å². The predicted octanol–water partition coefficient (Wildman–Crippen LogP) is 4.00. The van der Waals surface area contributed by atoms with Gasteiger partial charge in [-0.15, -0.1) is 0 Å². The smallest absolute Gasteiger partial charge is 0.407 e. The Labute approximate surface area is 153 Å². The van der Waals surface area contributed by atoms with Crippen molar-refractivity contribution in [3.63, 3.8) is 0 Å². The average Bonchev–Trinajstić information content (AvgIpc) is 2.54. The number of carbonyl (C=O) groups excluding carboxylic acids is 2. The molecule has 0 aromatic carbocycles. The summed E-state index contributed by atoms with van der Waals surface area (Å²) < 4.78 is 5.23. The fraction of sp³-hybridized carbons (Fsp3) is 0.611. The Kier molecular flexibility index (Phi) is 6.64. The molecule has 1 aliphatic rings. The van der Waals surface area contributed by atoms with Gasteiger partial charge in [0.15, 0.2) is 0 Å². The first kappa shape index (κ1) is 19.5. The lowest BCUT2D eigenvalue weighted by atomic mass is 9.81. The minimum atomic E-state index is -0.491. The van der Waals surface area contributed by atoms with Gasteiger partial charge in [0.2, 0.25) is 5.91 Å². The van der Waals surface area contributed by atoms with Crippen molar-refractivity contribution in [1.82, 2.24) is 10.3 Å². The monoisotopic (exact) mass is 367 g/mol. The molecule has 1 saturated carbocycles. The van der Waals surface area contributed by atoms with Gasteiger partial charge in [0.05, 0.1) is 5.02 Å². The molecular weight excluding hydrogens is 342 g/mol. The number of nitrogens with zero attached hydrogens (tertiary/aromatic N) is 1. The third kappa shape index (κ3) is 6.90. The molecule has 0 saturated heterocycles. The second-order valence-electron chi connectivity index (χ2n) is 7.45. The van der Waals surface area contributed by atoms with Crippen LogP contribution < -0.4 is 10.6 Å². The molecule has 0 spiro atoms. The van der Waals surface area contributed by atoms with Crippen LogP contribution >= 0.6 is 11.6 Å². The number of carbonyl (C=O) groups is 2. The van der Waals surface area contributed by atoms with E-state index >= 15 is 0 Å². The highest BCUT2D eigenvalue weighted by atomic mass is 35.5. The Balaban J connectivity index is 1.71. The largest absolute Gasteiger partial charge is 0.444 e. The van der Waals surface area contributed by atoms with Crippen molar-refractivity contribution in [1.29, 1.82) is 0 Å². The van der Waals surface area contributed by atoms with Gasteiger partial charge in [0, 0.05) is 18.7 Å². The van der Waals surface area contributed by atoms with E-state index in [4.69, 9.17) is 16.3 Å². The SMILES string of the molecule is CC(C)(C)OC(=O)NCC1CCC(C(=O)Nc2ccc(Cl)cn2)CC1. The van der Waals surface area contributed by atoms with Gasteiger partial charge in [-0.2, -0.15) is 0 Å². The summed E-state index contributed by atoms with van der Waals surface area (Å²) in [5.74, 6) is 0.872. The number of alkyl carbamates (subject to hydrolysis) is 1. The van der Waals surface area contributed by atoms with Crippen molar-refractivity contribution in [3.8, 4) is 0 Å². The van der Waals surface area contributed by atoms with E-state index in [-0.39, 0.29) is 17.9 Å². The molecule has 0 aliphatic heterocycles. The number of anilines is 1. The molecule has 7 heteroatoms. The van der Waals surface area contributed by atoms with Gasteiger partial charge in [0.25, 0.3) is 0 Å². The lowest BCUT2D eigenvalue weighted by Crippen LogP contribution is -2.37. The molecule has 6 nitrogen and oxygen atoms in total. The molecule has 1 aliphatic carbocycles. The zero-order chi connectivity index (χ0) is 18.4. The molecule has 1 fully saturated rings. The molecule has 138 valence electrons. The van der Waals surface area contributed by atoms with Crippen molar-refractivity contribution < 1.29 is 14.3 Å². The molecule has 2 N–H and O–H groups in total. The summed E-state index contributed by atoms with van der Waals surface area (Å²) in [4.78, 5) is 28.1. The molecular formula is C18H26ClN3O3. The number of pyridine rings is 1. The van der Waals surface area contributed by atoms with E-state index in [2.05, 4.69) is 15.6 Å². The fourth-order valence-corrected chi connectivity index (χ4v) is 2.96. The predicted molar refractivity (Wildman–Crippen MR) is 97.6 cm³/mol. The Hall–Kier alpha value is -1.82. The quantitative estimate of drug-likeness (QED) is 0.842. The highest BCUT2D eigenvalue weighted by Crippen LogP contribution is 2.29. The Morgan fingerprint density at radius 1 is 1.24 bits per heavy atom. The lowest BCUT2D eigenvalue weighted by molar-refractivity contribution is -0.121. The normalized spacial score (nSPS) is 20.6.